The van der Waals surface area contributed by atoms with Crippen LogP contribution in [-0.4, -0.2) is 48.1 Å². The van der Waals surface area contributed by atoms with Gasteiger partial charge in [-0.05, 0) is 73.9 Å². The molecule has 4 N–H and O–H groups in total. The van der Waals surface area contributed by atoms with Crippen molar-refractivity contribution in [3.63, 3.8) is 0 Å². The van der Waals surface area contributed by atoms with E-state index in [0.29, 0.717) is 48.0 Å². The lowest BCUT2D eigenvalue weighted by molar-refractivity contribution is 0.101. The maximum absolute atomic E-state index is 13.4. The van der Waals surface area contributed by atoms with Crippen LogP contribution in [0, 0.1) is 13.8 Å². The maximum Gasteiger partial charge on any atom is 0.274 e. The second kappa shape index (κ2) is 16.3. The van der Waals surface area contributed by atoms with Crippen LogP contribution in [0.25, 0.3) is 11.1 Å². The van der Waals surface area contributed by atoms with Crippen molar-refractivity contribution >= 4 is 23.2 Å². The Morgan fingerprint density at radius 2 is 1.06 bits per heavy atom. The molecule has 0 atom stereocenters. The summed E-state index contributed by atoms with van der Waals surface area (Å²) in [7, 11) is 3.23. The maximum atomic E-state index is 13.4. The highest BCUT2D eigenvalue weighted by atomic mass is 16.5. The van der Waals surface area contributed by atoms with Gasteiger partial charge in [0.1, 0.15) is 22.9 Å². The number of aromatic nitrogens is 2. The molecule has 2 aliphatic carbocycles. The summed E-state index contributed by atoms with van der Waals surface area (Å²) < 4.78 is 11.2. The first kappa shape index (κ1) is 35.0. The number of anilines is 2. The Hall–Kier alpha value is -4.80. The smallest absolute Gasteiger partial charge is 0.274 e. The van der Waals surface area contributed by atoms with Gasteiger partial charge in [-0.15, -0.1) is 0 Å². The van der Waals surface area contributed by atoms with Gasteiger partial charge in [-0.3, -0.25) is 19.6 Å². The zero-order chi connectivity index (χ0) is 35.0. The Balaban J connectivity index is 1.14. The summed E-state index contributed by atoms with van der Waals surface area (Å²) in [6, 6.07) is 16.0. The van der Waals surface area contributed by atoms with Crippen LogP contribution < -0.4 is 30.7 Å². The van der Waals surface area contributed by atoms with Crippen molar-refractivity contribution in [2.75, 3.05) is 24.9 Å². The third-order valence-corrected chi connectivity index (χ3v) is 10.1. The average molecular weight is 677 g/mol. The third-order valence-electron chi connectivity index (χ3n) is 10.1. The van der Waals surface area contributed by atoms with E-state index in [0.717, 1.165) is 33.4 Å². The predicted octanol–water partition coefficient (Wildman–Crippen LogP) is 7.35. The van der Waals surface area contributed by atoms with E-state index in [1.165, 1.54) is 51.4 Å². The quantitative estimate of drug-likeness (QED) is 0.116. The first-order valence-electron chi connectivity index (χ1n) is 17.7. The number of nitrogens with one attached hydrogen (secondary N) is 4. The number of methoxy groups -OCH3 is 2. The van der Waals surface area contributed by atoms with Gasteiger partial charge in [-0.25, -0.2) is 0 Å². The molecular weight excluding hydrogens is 628 g/mol. The van der Waals surface area contributed by atoms with E-state index in [-0.39, 0.29) is 23.2 Å². The monoisotopic (exact) mass is 676 g/mol. The molecule has 0 spiro atoms. The van der Waals surface area contributed by atoms with Crippen LogP contribution in [0.5, 0.6) is 11.5 Å². The second-order valence-corrected chi connectivity index (χ2v) is 13.4. The molecule has 0 bridgehead atoms. The molecule has 2 saturated carbocycles. The summed E-state index contributed by atoms with van der Waals surface area (Å²) >= 11 is 0. The molecule has 2 amide bonds. The van der Waals surface area contributed by atoms with Gasteiger partial charge in [0.15, 0.2) is 0 Å². The van der Waals surface area contributed by atoms with Gasteiger partial charge >= 0.3 is 0 Å². The fraction of sp³-hybridized carbons (Fsp3) is 0.400. The van der Waals surface area contributed by atoms with Crippen LogP contribution in [0.1, 0.15) is 94.6 Å². The van der Waals surface area contributed by atoms with Crippen molar-refractivity contribution in [3.05, 3.63) is 94.6 Å². The van der Waals surface area contributed by atoms with Crippen molar-refractivity contribution in [3.8, 4) is 22.6 Å². The van der Waals surface area contributed by atoms with Gasteiger partial charge in [0.25, 0.3) is 11.8 Å². The molecule has 2 heterocycles. The zero-order valence-corrected chi connectivity index (χ0v) is 29.5. The van der Waals surface area contributed by atoms with Gasteiger partial charge in [0.05, 0.1) is 14.2 Å². The Morgan fingerprint density at radius 1 is 0.660 bits per heavy atom. The highest BCUT2D eigenvalue weighted by molar-refractivity contribution is 6.05. The van der Waals surface area contributed by atoms with Crippen LogP contribution in [0.2, 0.25) is 0 Å². The normalized spacial score (nSPS) is 14.9. The number of benzene rings is 2. The fourth-order valence-electron chi connectivity index (χ4n) is 7.09. The van der Waals surface area contributed by atoms with Gasteiger partial charge in [0.2, 0.25) is 0 Å². The van der Waals surface area contributed by atoms with Crippen molar-refractivity contribution < 1.29 is 19.1 Å². The summed E-state index contributed by atoms with van der Waals surface area (Å²) in [6.07, 6.45) is 13.2. The topological polar surface area (TPSA) is 127 Å². The lowest BCUT2D eigenvalue weighted by Crippen LogP contribution is -2.25. The van der Waals surface area contributed by atoms with Crippen LogP contribution in [0.4, 0.5) is 11.4 Å². The molecule has 2 aromatic heterocycles. The van der Waals surface area contributed by atoms with Gasteiger partial charge in [-0.2, -0.15) is 0 Å². The van der Waals surface area contributed by atoms with Gasteiger partial charge in [0, 0.05) is 72.2 Å². The van der Waals surface area contributed by atoms with E-state index in [1.54, 1.807) is 38.7 Å². The molecule has 262 valence electrons. The highest BCUT2D eigenvalue weighted by Gasteiger charge is 2.20. The van der Waals surface area contributed by atoms with Crippen LogP contribution in [0.15, 0.2) is 60.9 Å². The molecule has 10 heteroatoms. The Morgan fingerprint density at radius 3 is 1.44 bits per heavy atom. The summed E-state index contributed by atoms with van der Waals surface area (Å²) in [4.78, 5) is 35.7. The summed E-state index contributed by atoms with van der Waals surface area (Å²) in [5, 5.41) is 13.3. The molecule has 2 aliphatic rings. The average Bonchev–Trinajstić information content (AvgIpc) is 3.87. The molecule has 0 aliphatic heterocycles. The van der Waals surface area contributed by atoms with Crippen LogP contribution >= 0.6 is 0 Å². The molecular formula is C40H48N6O4. The van der Waals surface area contributed by atoms with E-state index in [1.807, 2.05) is 50.2 Å². The second-order valence-electron chi connectivity index (χ2n) is 13.4. The Bertz CT molecular complexity index is 1700. The number of carbonyl (C=O) groups is 2. The third kappa shape index (κ3) is 8.14. The highest BCUT2D eigenvalue weighted by Crippen LogP contribution is 2.34. The molecule has 6 rings (SSSR count). The van der Waals surface area contributed by atoms with Crippen LogP contribution in [0.3, 0.4) is 0 Å². The summed E-state index contributed by atoms with van der Waals surface area (Å²) in [5.74, 6) is 0.632. The molecule has 2 fully saturated rings. The van der Waals surface area contributed by atoms with E-state index < -0.39 is 0 Å². The van der Waals surface area contributed by atoms with Gasteiger partial charge < -0.3 is 30.7 Å². The minimum Gasteiger partial charge on any atom is -0.496 e. The summed E-state index contributed by atoms with van der Waals surface area (Å²) in [5.41, 5.74) is 7.42. The molecule has 2 aromatic carbocycles. The lowest BCUT2D eigenvalue weighted by Gasteiger charge is -2.17. The first-order chi connectivity index (χ1) is 24.3. The predicted molar refractivity (Wildman–Crippen MR) is 197 cm³/mol. The first-order valence-corrected chi connectivity index (χ1v) is 17.7. The number of pyridine rings is 2. The lowest BCUT2D eigenvalue weighted by atomic mass is 9.94. The van der Waals surface area contributed by atoms with Crippen molar-refractivity contribution in [1.29, 1.82) is 0 Å². The summed E-state index contributed by atoms with van der Waals surface area (Å²) in [6.45, 7) is 5.25. The molecule has 0 saturated heterocycles. The van der Waals surface area contributed by atoms with E-state index >= 15 is 0 Å². The fourth-order valence-corrected chi connectivity index (χ4v) is 7.09. The number of hydrogen-bond donors (Lipinski definition) is 4. The van der Waals surface area contributed by atoms with Gasteiger partial charge in [-0.1, -0.05) is 49.9 Å². The number of nitrogens with zero attached hydrogens (tertiary/aromatic N) is 2. The molecule has 4 aromatic rings. The minimum atomic E-state index is -0.320. The van der Waals surface area contributed by atoms with Crippen molar-refractivity contribution in [2.24, 2.45) is 0 Å². The minimum absolute atomic E-state index is 0.278. The Labute approximate surface area is 294 Å². The Kier molecular flexibility index (Phi) is 11.4. The molecule has 0 radical (unpaired) electrons. The number of amides is 2. The standard InChI is InChI=1S/C40H48N6O4/c1-25-31(15-9-17-33(25)45-39(47)35-19-37(49-3)27(23-43-35)21-41-29-11-5-6-12-29)32-16-10-18-34(26(32)2)46-40(48)36-20-38(50-4)28(24-44-36)22-42-30-13-7-8-14-30/h9-10,15-20,23-24,29-30,41-42H,5-8,11-14,21-22H2,1-4H3,(H,45,47)(H,46,48). The number of rotatable bonds is 13. The van der Waals surface area contributed by atoms with E-state index in [4.69, 9.17) is 9.47 Å². The number of carbonyl (C=O) groups excluding carboxylic acids is 2. The zero-order valence-electron chi connectivity index (χ0n) is 29.5. The molecule has 0 unspecified atom stereocenters. The van der Waals surface area contributed by atoms with Crippen molar-refractivity contribution in [1.82, 2.24) is 20.6 Å². The number of ether oxygens (including phenoxy) is 2. The van der Waals surface area contributed by atoms with Crippen LogP contribution in [-0.2, 0) is 13.1 Å². The molecule has 10 nitrogen and oxygen atoms in total. The SMILES string of the molecule is COc1cc(C(=O)Nc2cccc(-c3cccc(NC(=O)c4cc(OC)c(CNC5CCCC5)cn4)c3C)c2C)ncc1CNC1CCCC1. The van der Waals surface area contributed by atoms with E-state index in [9.17, 15) is 9.59 Å². The van der Waals surface area contributed by atoms with E-state index in [2.05, 4.69) is 31.2 Å². The number of hydrogen-bond acceptors (Lipinski definition) is 8. The van der Waals surface area contributed by atoms with Crippen molar-refractivity contribution in [2.45, 2.75) is 90.4 Å². The largest absolute Gasteiger partial charge is 0.496 e. The molecule has 50 heavy (non-hydrogen) atoms.